The summed E-state index contributed by atoms with van der Waals surface area (Å²) >= 11 is 1.40. The first-order valence-corrected chi connectivity index (χ1v) is 9.12. The van der Waals surface area contributed by atoms with Gasteiger partial charge in [0.15, 0.2) is 5.13 Å². The van der Waals surface area contributed by atoms with E-state index in [1.54, 1.807) is 54.7 Å². The van der Waals surface area contributed by atoms with Crippen LogP contribution in [0.4, 0.5) is 5.13 Å². The minimum Gasteiger partial charge on any atom is -0.298 e. The fourth-order valence-electron chi connectivity index (χ4n) is 2.91. The van der Waals surface area contributed by atoms with Gasteiger partial charge in [-0.15, -0.1) is 11.3 Å². The predicted octanol–water partition coefficient (Wildman–Crippen LogP) is 3.50. The highest BCUT2D eigenvalue weighted by atomic mass is 32.1. The van der Waals surface area contributed by atoms with Crippen LogP contribution in [0.25, 0.3) is 0 Å². The van der Waals surface area contributed by atoms with E-state index in [0.29, 0.717) is 21.8 Å². The lowest BCUT2D eigenvalue weighted by molar-refractivity contribution is 0.0642. The van der Waals surface area contributed by atoms with E-state index in [9.17, 15) is 14.4 Å². The molecule has 0 spiro atoms. The van der Waals surface area contributed by atoms with Crippen LogP contribution in [0.3, 0.4) is 0 Å². The van der Waals surface area contributed by atoms with Crippen LogP contribution in [0.15, 0.2) is 54.7 Å². The van der Waals surface area contributed by atoms with Gasteiger partial charge in [-0.25, -0.2) is 4.98 Å². The molecule has 0 bridgehead atoms. The van der Waals surface area contributed by atoms with E-state index < -0.39 is 0 Å². The molecule has 0 fully saturated rings. The number of nitrogens with one attached hydrogen (secondary N) is 1. The predicted molar refractivity (Wildman–Crippen MR) is 102 cm³/mol. The number of carbonyl (C=O) groups excluding carboxylic acids is 3. The first-order valence-electron chi connectivity index (χ1n) is 8.31. The fourth-order valence-corrected chi connectivity index (χ4v) is 3.57. The SMILES string of the molecule is Cc1cnc(NC(=O)c2ccc(CN3C(=O)c4ccccc4C3=O)cc2)s1. The molecule has 2 heterocycles. The summed E-state index contributed by atoms with van der Waals surface area (Å²) in [6, 6.07) is 13.6. The van der Waals surface area contributed by atoms with Crippen molar-refractivity contribution < 1.29 is 14.4 Å². The zero-order valence-corrected chi connectivity index (χ0v) is 15.2. The maximum Gasteiger partial charge on any atom is 0.261 e. The van der Waals surface area contributed by atoms with Crippen molar-refractivity contribution in [1.29, 1.82) is 0 Å². The van der Waals surface area contributed by atoms with Gasteiger partial charge in [0.05, 0.1) is 17.7 Å². The van der Waals surface area contributed by atoms with Gasteiger partial charge in [-0.05, 0) is 36.8 Å². The number of hydrogen-bond donors (Lipinski definition) is 1. The Morgan fingerprint density at radius 2 is 1.67 bits per heavy atom. The minimum absolute atomic E-state index is 0.167. The molecule has 0 saturated carbocycles. The third-order valence-electron chi connectivity index (χ3n) is 4.28. The Bertz CT molecular complexity index is 1020. The maximum absolute atomic E-state index is 12.4. The van der Waals surface area contributed by atoms with Crippen molar-refractivity contribution in [3.05, 3.63) is 81.9 Å². The normalized spacial score (nSPS) is 13.0. The van der Waals surface area contributed by atoms with Crippen molar-refractivity contribution in [2.24, 2.45) is 0 Å². The third-order valence-corrected chi connectivity index (χ3v) is 5.10. The quantitative estimate of drug-likeness (QED) is 0.706. The third kappa shape index (κ3) is 3.24. The van der Waals surface area contributed by atoms with Crippen LogP contribution in [0, 0.1) is 6.92 Å². The van der Waals surface area contributed by atoms with E-state index in [-0.39, 0.29) is 24.3 Å². The number of carbonyl (C=O) groups is 3. The molecule has 0 unspecified atom stereocenters. The van der Waals surface area contributed by atoms with E-state index in [4.69, 9.17) is 0 Å². The van der Waals surface area contributed by atoms with Crippen molar-refractivity contribution in [2.75, 3.05) is 5.32 Å². The molecule has 3 amide bonds. The molecular formula is C20H15N3O3S. The Balaban J connectivity index is 1.46. The Kier molecular flexibility index (Phi) is 4.29. The largest absolute Gasteiger partial charge is 0.298 e. The summed E-state index contributed by atoms with van der Waals surface area (Å²) in [7, 11) is 0. The molecule has 1 N–H and O–H groups in total. The molecule has 134 valence electrons. The van der Waals surface area contributed by atoms with Crippen LogP contribution in [0.5, 0.6) is 0 Å². The first kappa shape index (κ1) is 17.1. The second-order valence-corrected chi connectivity index (χ2v) is 7.40. The van der Waals surface area contributed by atoms with Crippen molar-refractivity contribution in [1.82, 2.24) is 9.88 Å². The van der Waals surface area contributed by atoms with E-state index >= 15 is 0 Å². The number of hydrogen-bond acceptors (Lipinski definition) is 5. The lowest BCUT2D eigenvalue weighted by atomic mass is 10.1. The summed E-state index contributed by atoms with van der Waals surface area (Å²) in [4.78, 5) is 43.5. The number of thiazole rings is 1. The monoisotopic (exact) mass is 377 g/mol. The zero-order valence-electron chi connectivity index (χ0n) is 14.4. The van der Waals surface area contributed by atoms with Crippen LogP contribution in [-0.4, -0.2) is 27.6 Å². The smallest absolute Gasteiger partial charge is 0.261 e. The van der Waals surface area contributed by atoms with Gasteiger partial charge in [0.25, 0.3) is 17.7 Å². The average Bonchev–Trinajstić information content (AvgIpc) is 3.19. The molecule has 0 atom stereocenters. The van der Waals surface area contributed by atoms with Gasteiger partial charge in [0.2, 0.25) is 0 Å². The molecule has 3 aromatic rings. The van der Waals surface area contributed by atoms with Crippen molar-refractivity contribution in [3.63, 3.8) is 0 Å². The van der Waals surface area contributed by atoms with Crippen LogP contribution < -0.4 is 5.32 Å². The van der Waals surface area contributed by atoms with Gasteiger partial charge in [-0.3, -0.25) is 24.6 Å². The van der Waals surface area contributed by atoms with Crippen LogP contribution in [-0.2, 0) is 6.54 Å². The molecule has 1 aliphatic heterocycles. The van der Waals surface area contributed by atoms with Gasteiger partial charge in [-0.1, -0.05) is 24.3 Å². The number of amides is 3. The Morgan fingerprint density at radius 3 is 2.22 bits per heavy atom. The molecule has 0 aliphatic carbocycles. The first-order chi connectivity index (χ1) is 13.0. The Morgan fingerprint density at radius 1 is 1.04 bits per heavy atom. The number of benzene rings is 2. The number of aryl methyl sites for hydroxylation is 1. The number of aromatic nitrogens is 1. The van der Waals surface area contributed by atoms with Crippen molar-refractivity contribution >= 4 is 34.2 Å². The summed E-state index contributed by atoms with van der Waals surface area (Å²) in [5.74, 6) is -0.843. The summed E-state index contributed by atoms with van der Waals surface area (Å²) in [6.07, 6.45) is 1.70. The summed E-state index contributed by atoms with van der Waals surface area (Å²) < 4.78 is 0. The van der Waals surface area contributed by atoms with E-state index in [1.807, 2.05) is 6.92 Å². The second kappa shape index (κ2) is 6.77. The second-order valence-electron chi connectivity index (χ2n) is 6.17. The number of rotatable bonds is 4. The van der Waals surface area contributed by atoms with Gasteiger partial charge in [-0.2, -0.15) is 0 Å². The zero-order chi connectivity index (χ0) is 19.0. The molecule has 2 aromatic carbocycles. The number of anilines is 1. The van der Waals surface area contributed by atoms with E-state index in [0.717, 1.165) is 10.4 Å². The number of fused-ring (bicyclic) bond motifs is 1. The summed E-state index contributed by atoms with van der Waals surface area (Å²) in [6.45, 7) is 2.08. The fraction of sp³-hybridized carbons (Fsp3) is 0.100. The standard InChI is InChI=1S/C20H15N3O3S/c1-12-10-21-20(27-12)22-17(24)14-8-6-13(7-9-14)11-23-18(25)15-4-2-3-5-16(15)19(23)26/h2-10H,11H2,1H3,(H,21,22,24). The average molecular weight is 377 g/mol. The molecule has 7 heteroatoms. The molecule has 6 nitrogen and oxygen atoms in total. The Hall–Kier alpha value is -3.32. The van der Waals surface area contributed by atoms with Gasteiger partial charge in [0, 0.05) is 16.6 Å². The summed E-state index contributed by atoms with van der Waals surface area (Å²) in [5, 5.41) is 3.30. The molecule has 1 aromatic heterocycles. The highest BCUT2D eigenvalue weighted by molar-refractivity contribution is 7.15. The maximum atomic E-state index is 12.4. The number of imide groups is 1. The van der Waals surface area contributed by atoms with Crippen LogP contribution in [0.2, 0.25) is 0 Å². The molecular weight excluding hydrogens is 362 g/mol. The Labute approximate surface area is 159 Å². The highest BCUT2D eigenvalue weighted by Gasteiger charge is 2.34. The molecule has 0 saturated heterocycles. The van der Waals surface area contributed by atoms with Gasteiger partial charge < -0.3 is 0 Å². The molecule has 0 radical (unpaired) electrons. The lowest BCUT2D eigenvalue weighted by Gasteiger charge is -2.14. The lowest BCUT2D eigenvalue weighted by Crippen LogP contribution is -2.29. The van der Waals surface area contributed by atoms with E-state index in [1.165, 1.54) is 16.2 Å². The molecule has 4 rings (SSSR count). The minimum atomic E-state index is -0.295. The van der Waals surface area contributed by atoms with Gasteiger partial charge >= 0.3 is 0 Å². The van der Waals surface area contributed by atoms with Crippen LogP contribution in [0.1, 0.15) is 41.5 Å². The van der Waals surface area contributed by atoms with E-state index in [2.05, 4.69) is 10.3 Å². The molecule has 1 aliphatic rings. The van der Waals surface area contributed by atoms with Crippen molar-refractivity contribution in [3.8, 4) is 0 Å². The highest BCUT2D eigenvalue weighted by Crippen LogP contribution is 2.24. The van der Waals surface area contributed by atoms with Crippen LogP contribution >= 0.6 is 11.3 Å². The topological polar surface area (TPSA) is 79.4 Å². The number of nitrogens with zero attached hydrogens (tertiary/aromatic N) is 2. The van der Waals surface area contributed by atoms with Crippen molar-refractivity contribution in [2.45, 2.75) is 13.5 Å². The molecule has 27 heavy (non-hydrogen) atoms. The summed E-state index contributed by atoms with van der Waals surface area (Å²) in [5.41, 5.74) is 2.11. The van der Waals surface area contributed by atoms with Gasteiger partial charge in [0.1, 0.15) is 0 Å².